The Hall–Kier alpha value is -2.83. The molecule has 0 saturated heterocycles. The minimum atomic E-state index is -0.257. The summed E-state index contributed by atoms with van der Waals surface area (Å²) in [5.41, 5.74) is 0.572. The van der Waals surface area contributed by atoms with Crippen LogP contribution >= 0.6 is 0 Å². The maximum absolute atomic E-state index is 12.6. The lowest BCUT2D eigenvalue weighted by molar-refractivity contribution is 0.0893. The third kappa shape index (κ3) is 3.24. The smallest absolute Gasteiger partial charge is 0.287 e. The van der Waals surface area contributed by atoms with E-state index < -0.39 is 0 Å². The van der Waals surface area contributed by atoms with E-state index in [-0.39, 0.29) is 23.6 Å². The Bertz CT molecular complexity index is 824. The summed E-state index contributed by atoms with van der Waals surface area (Å²) < 4.78 is 12.7. The zero-order chi connectivity index (χ0) is 17.1. The second-order valence-corrected chi connectivity index (χ2v) is 5.93. The number of rotatable bonds is 6. The van der Waals surface area contributed by atoms with Crippen LogP contribution in [0.5, 0.6) is 5.75 Å². The largest absolute Gasteiger partial charge is 0.493 e. The molecule has 0 aliphatic heterocycles. The van der Waals surface area contributed by atoms with E-state index in [1.54, 1.807) is 30.3 Å². The summed E-state index contributed by atoms with van der Waals surface area (Å²) in [6, 6.07) is 7.18. The zero-order valence-electron chi connectivity index (χ0n) is 13.9. The maximum Gasteiger partial charge on any atom is 0.287 e. The summed E-state index contributed by atoms with van der Waals surface area (Å²) >= 11 is 0. The van der Waals surface area contributed by atoms with Gasteiger partial charge in [0.15, 0.2) is 17.1 Å². The molecule has 1 unspecified atom stereocenters. The minimum Gasteiger partial charge on any atom is -0.493 e. The Balaban J connectivity index is 1.80. The first-order valence-corrected chi connectivity index (χ1v) is 7.78. The van der Waals surface area contributed by atoms with Gasteiger partial charge in [-0.1, -0.05) is 26.0 Å². The summed E-state index contributed by atoms with van der Waals surface area (Å²) in [6.07, 6.45) is 3.11. The lowest BCUT2D eigenvalue weighted by Crippen LogP contribution is -2.41. The summed E-state index contributed by atoms with van der Waals surface area (Å²) in [5, 5.41) is 7.93. The van der Waals surface area contributed by atoms with E-state index in [0.717, 1.165) is 5.39 Å². The Morgan fingerprint density at radius 2 is 2.25 bits per heavy atom. The van der Waals surface area contributed by atoms with Gasteiger partial charge in [-0.05, 0) is 18.1 Å². The van der Waals surface area contributed by atoms with Crippen LogP contribution in [-0.2, 0) is 6.54 Å². The first-order chi connectivity index (χ1) is 11.6. The highest BCUT2D eigenvalue weighted by atomic mass is 16.5. The molecule has 0 bridgehead atoms. The average molecular weight is 328 g/mol. The fourth-order valence-electron chi connectivity index (χ4n) is 2.50. The summed E-state index contributed by atoms with van der Waals surface area (Å²) in [4.78, 5) is 16.5. The van der Waals surface area contributed by atoms with E-state index in [2.05, 4.69) is 15.4 Å². The first kappa shape index (κ1) is 16.0. The summed E-state index contributed by atoms with van der Waals surface area (Å²) in [5.74, 6) is 0.845. The van der Waals surface area contributed by atoms with Gasteiger partial charge < -0.3 is 14.5 Å². The molecule has 0 fully saturated rings. The Morgan fingerprint density at radius 1 is 1.42 bits per heavy atom. The van der Waals surface area contributed by atoms with Crippen molar-refractivity contribution >= 4 is 16.9 Å². The highest BCUT2D eigenvalue weighted by molar-refractivity contribution is 5.97. The summed E-state index contributed by atoms with van der Waals surface area (Å²) in [6.45, 7) is 4.64. The highest BCUT2D eigenvalue weighted by Gasteiger charge is 2.21. The SMILES string of the molecule is COc1cccc2cc(C(=O)NC(Cn3cncn3)C(C)C)oc12. The number of furan rings is 1. The van der Waals surface area contributed by atoms with Gasteiger partial charge in [0.05, 0.1) is 19.7 Å². The van der Waals surface area contributed by atoms with Crippen molar-refractivity contribution in [2.45, 2.75) is 26.4 Å². The van der Waals surface area contributed by atoms with E-state index in [1.807, 2.05) is 26.0 Å². The molecular weight excluding hydrogens is 308 g/mol. The quantitative estimate of drug-likeness (QED) is 0.752. The number of hydrogen-bond acceptors (Lipinski definition) is 5. The molecule has 2 aromatic heterocycles. The number of methoxy groups -OCH3 is 1. The molecule has 0 spiro atoms. The van der Waals surface area contributed by atoms with Crippen LogP contribution in [0.15, 0.2) is 41.3 Å². The minimum absolute atomic E-state index is 0.0886. The molecule has 1 N–H and O–H groups in total. The number of nitrogens with one attached hydrogen (secondary N) is 1. The third-order valence-electron chi connectivity index (χ3n) is 3.92. The molecule has 1 atom stereocenters. The summed E-state index contributed by atoms with van der Waals surface area (Å²) in [7, 11) is 1.57. The molecule has 24 heavy (non-hydrogen) atoms. The van der Waals surface area contributed by atoms with Crippen LogP contribution in [0.3, 0.4) is 0 Å². The number of carbonyl (C=O) groups excluding carboxylic acids is 1. The van der Waals surface area contributed by atoms with Crippen molar-refractivity contribution in [2.24, 2.45) is 5.92 Å². The second kappa shape index (κ2) is 6.74. The number of carbonyl (C=O) groups is 1. The lowest BCUT2D eigenvalue weighted by Gasteiger charge is -2.21. The third-order valence-corrected chi connectivity index (χ3v) is 3.92. The van der Waals surface area contributed by atoms with E-state index in [9.17, 15) is 4.79 Å². The molecule has 0 aliphatic rings. The molecule has 2 heterocycles. The van der Waals surface area contributed by atoms with Gasteiger partial charge in [0.1, 0.15) is 12.7 Å². The molecular formula is C17H20N4O3. The molecule has 0 saturated carbocycles. The van der Waals surface area contributed by atoms with Gasteiger partial charge in [0.2, 0.25) is 0 Å². The van der Waals surface area contributed by atoms with Crippen LogP contribution in [0.25, 0.3) is 11.0 Å². The van der Waals surface area contributed by atoms with E-state index >= 15 is 0 Å². The first-order valence-electron chi connectivity index (χ1n) is 7.78. The number of para-hydroxylation sites is 1. The number of hydrogen-bond donors (Lipinski definition) is 1. The second-order valence-electron chi connectivity index (χ2n) is 5.93. The standard InChI is InChI=1S/C17H20N4O3/c1-11(2)13(8-21-10-18-9-19-21)20-17(22)15-7-12-5-4-6-14(23-3)16(12)24-15/h4-7,9-11,13H,8H2,1-3H3,(H,20,22). The maximum atomic E-state index is 12.6. The van der Waals surface area contributed by atoms with Crippen LogP contribution in [0, 0.1) is 5.92 Å². The average Bonchev–Trinajstić information content (AvgIpc) is 3.22. The van der Waals surface area contributed by atoms with Gasteiger partial charge in [0, 0.05) is 5.39 Å². The molecule has 3 rings (SSSR count). The molecule has 1 aromatic carbocycles. The van der Waals surface area contributed by atoms with Crippen molar-refractivity contribution < 1.29 is 13.9 Å². The highest BCUT2D eigenvalue weighted by Crippen LogP contribution is 2.28. The van der Waals surface area contributed by atoms with Crippen molar-refractivity contribution in [3.05, 3.63) is 42.7 Å². The van der Waals surface area contributed by atoms with Crippen LogP contribution < -0.4 is 10.1 Å². The van der Waals surface area contributed by atoms with Crippen molar-refractivity contribution in [3.63, 3.8) is 0 Å². The van der Waals surface area contributed by atoms with Gasteiger partial charge in [-0.2, -0.15) is 5.10 Å². The Morgan fingerprint density at radius 3 is 2.92 bits per heavy atom. The fourth-order valence-corrected chi connectivity index (χ4v) is 2.50. The monoisotopic (exact) mass is 328 g/mol. The van der Waals surface area contributed by atoms with E-state index in [4.69, 9.17) is 9.15 Å². The molecule has 0 radical (unpaired) electrons. The number of fused-ring (bicyclic) bond motifs is 1. The Labute approximate surface area is 139 Å². The predicted molar refractivity (Wildman–Crippen MR) is 88.9 cm³/mol. The molecule has 1 amide bonds. The number of aromatic nitrogens is 3. The molecule has 7 nitrogen and oxygen atoms in total. The molecule has 7 heteroatoms. The number of ether oxygens (including phenoxy) is 1. The number of amides is 1. The van der Waals surface area contributed by atoms with Gasteiger partial charge in [-0.3, -0.25) is 9.48 Å². The molecule has 126 valence electrons. The molecule has 3 aromatic rings. The van der Waals surface area contributed by atoms with Crippen LogP contribution in [0.1, 0.15) is 24.4 Å². The number of nitrogens with zero attached hydrogens (tertiary/aromatic N) is 3. The van der Waals surface area contributed by atoms with Crippen LogP contribution in [0.4, 0.5) is 0 Å². The van der Waals surface area contributed by atoms with Crippen LogP contribution in [-0.4, -0.2) is 33.8 Å². The fraction of sp³-hybridized carbons (Fsp3) is 0.353. The normalized spacial score (nSPS) is 12.5. The Kier molecular flexibility index (Phi) is 4.50. The van der Waals surface area contributed by atoms with E-state index in [0.29, 0.717) is 17.9 Å². The van der Waals surface area contributed by atoms with Gasteiger partial charge in [-0.15, -0.1) is 0 Å². The topological polar surface area (TPSA) is 82.2 Å². The van der Waals surface area contributed by atoms with Crippen molar-refractivity contribution in [2.75, 3.05) is 7.11 Å². The predicted octanol–water partition coefficient (Wildman–Crippen LogP) is 2.49. The van der Waals surface area contributed by atoms with Gasteiger partial charge in [-0.25, -0.2) is 4.98 Å². The van der Waals surface area contributed by atoms with Gasteiger partial charge >= 0.3 is 0 Å². The number of benzene rings is 1. The van der Waals surface area contributed by atoms with Crippen molar-refractivity contribution in [1.29, 1.82) is 0 Å². The van der Waals surface area contributed by atoms with E-state index in [1.165, 1.54) is 6.33 Å². The van der Waals surface area contributed by atoms with Crippen molar-refractivity contribution in [3.8, 4) is 5.75 Å². The van der Waals surface area contributed by atoms with Crippen LogP contribution in [0.2, 0.25) is 0 Å². The van der Waals surface area contributed by atoms with Gasteiger partial charge in [0.25, 0.3) is 5.91 Å². The lowest BCUT2D eigenvalue weighted by atomic mass is 10.0. The van der Waals surface area contributed by atoms with Crippen molar-refractivity contribution in [1.82, 2.24) is 20.1 Å². The molecule has 0 aliphatic carbocycles. The zero-order valence-corrected chi connectivity index (χ0v) is 13.9.